The Morgan fingerprint density at radius 3 is 1.25 bits per heavy atom. The molecule has 0 heterocycles. The molecule has 25 valence electrons. The summed E-state index contributed by atoms with van der Waals surface area (Å²) in [5, 5.41) is 0. The summed E-state index contributed by atoms with van der Waals surface area (Å²) in [5.74, 6) is 0. The van der Waals surface area contributed by atoms with Crippen LogP contribution < -0.4 is 0 Å². The first-order valence-electron chi connectivity index (χ1n) is 0.204. The third kappa shape index (κ3) is 23.9. The van der Waals surface area contributed by atoms with Crippen molar-refractivity contribution in [2.24, 2.45) is 0 Å². The fraction of sp³-hybridized carbons (Fsp3) is 0. The van der Waals surface area contributed by atoms with Crippen LogP contribution in [0.1, 0.15) is 0 Å². The molecule has 2 N–H and O–H groups in total. The molecule has 0 unspecified atom stereocenters. The summed E-state index contributed by atoms with van der Waals surface area (Å²) < 4.78 is 8.25. The van der Waals surface area contributed by atoms with Gasteiger partial charge in [0.25, 0.3) is 0 Å². The molecule has 0 aliphatic heterocycles. The molecule has 0 aliphatic rings. The first kappa shape index (κ1) is 24.8. The number of hydrogen-bond donors (Lipinski definition) is 0. The van der Waals surface area contributed by atoms with E-state index in [0.29, 0.717) is 0 Å². The van der Waals surface area contributed by atoms with E-state index in [1.54, 1.807) is 0 Å². The van der Waals surface area contributed by atoms with Crippen molar-refractivity contribution in [1.29, 1.82) is 0 Å². The van der Waals surface area contributed by atoms with Gasteiger partial charge in [0.15, 0.2) is 0 Å². The molecule has 0 aliphatic carbocycles. The first-order valence-corrected chi connectivity index (χ1v) is 0.842. The summed E-state index contributed by atoms with van der Waals surface area (Å²) in [6.45, 7) is 0. The average Bonchev–Trinajstić information content (AvgIpc) is 1.00. The van der Waals surface area contributed by atoms with Crippen molar-refractivity contribution < 1.29 is 29.2 Å². The van der Waals surface area contributed by atoms with E-state index in [0.717, 1.165) is 20.4 Å². The molecule has 0 spiro atoms. The molecule has 0 atom stereocenters. The normalized spacial score (nSPS) is 1.50. The Hall–Kier alpha value is 0.474. The molecule has 0 aromatic carbocycles. The van der Waals surface area contributed by atoms with Gasteiger partial charge in [-0.05, 0) is 0 Å². The summed E-state index contributed by atoms with van der Waals surface area (Å²) in [7, 11) is 0. The van der Waals surface area contributed by atoms with Crippen molar-refractivity contribution in [2.75, 3.05) is 0 Å². The van der Waals surface area contributed by atoms with Gasteiger partial charge in [0, 0.05) is 0 Å². The standard InChI is InChI=1S/CH3.H2O.O.Ti/h1H3;1H2;;/q-1;;;+1. The molecule has 0 amide bonds. The molecule has 2 nitrogen and oxygen atoms in total. The van der Waals surface area contributed by atoms with Gasteiger partial charge in [-0.2, -0.15) is 0 Å². The second-order valence-corrected chi connectivity index (χ2v) is 0. The average molecular weight is 96.9 g/mol. The van der Waals surface area contributed by atoms with E-state index in [1.165, 1.54) is 0 Å². The molecule has 0 aromatic rings. The molecule has 0 bridgehead atoms. The Labute approximate surface area is 37.2 Å². The Morgan fingerprint density at radius 2 is 1.25 bits per heavy atom. The van der Waals surface area contributed by atoms with E-state index in [9.17, 15) is 0 Å². The fourth-order valence-corrected chi connectivity index (χ4v) is 0. The van der Waals surface area contributed by atoms with Crippen LogP contribution in [0.5, 0.6) is 0 Å². The fourth-order valence-electron chi connectivity index (χ4n) is 0. The second-order valence-electron chi connectivity index (χ2n) is 0. The van der Waals surface area contributed by atoms with Crippen molar-refractivity contribution in [3.05, 3.63) is 7.43 Å². The topological polar surface area (TPSA) is 48.6 Å². The SMILES string of the molecule is O.[CH3-].[O]=[Ti+]. The molecule has 0 saturated carbocycles. The summed E-state index contributed by atoms with van der Waals surface area (Å²) in [5.41, 5.74) is 0. The second kappa shape index (κ2) is 94.6. The third-order valence-electron chi connectivity index (χ3n) is 0. The quantitative estimate of drug-likeness (QED) is 0.297. The Bertz CT molecular complexity index is 6.00. The van der Waals surface area contributed by atoms with Gasteiger partial charge in [0.1, 0.15) is 0 Å². The Balaban J connectivity index is -0.00000000500. The van der Waals surface area contributed by atoms with Crippen LogP contribution in [0, 0.1) is 7.43 Å². The van der Waals surface area contributed by atoms with Crippen molar-refractivity contribution >= 4 is 0 Å². The van der Waals surface area contributed by atoms with Crippen LogP contribution in [-0.4, -0.2) is 5.48 Å². The Morgan fingerprint density at radius 1 is 1.25 bits per heavy atom. The van der Waals surface area contributed by atoms with E-state index in [-0.39, 0.29) is 12.9 Å². The molecule has 0 fully saturated rings. The predicted octanol–water partition coefficient (Wildman–Crippen LogP) is -0.496. The summed E-state index contributed by atoms with van der Waals surface area (Å²) in [6, 6.07) is 0. The van der Waals surface area contributed by atoms with E-state index in [4.69, 9.17) is 3.32 Å². The molecular formula is CH5O2Ti. The monoisotopic (exact) mass is 97.0 g/mol. The van der Waals surface area contributed by atoms with Gasteiger partial charge in [-0.1, -0.05) is 0 Å². The van der Waals surface area contributed by atoms with Crippen molar-refractivity contribution in [2.45, 2.75) is 0 Å². The predicted molar refractivity (Wildman–Crippen MR) is 10.7 cm³/mol. The maximum absolute atomic E-state index is 8.25. The van der Waals surface area contributed by atoms with Crippen molar-refractivity contribution in [3.63, 3.8) is 0 Å². The van der Waals surface area contributed by atoms with Gasteiger partial charge < -0.3 is 12.9 Å². The van der Waals surface area contributed by atoms with Crippen LogP contribution in [0.25, 0.3) is 0 Å². The van der Waals surface area contributed by atoms with Gasteiger partial charge in [-0.25, -0.2) is 0 Å². The molecule has 0 radical (unpaired) electrons. The van der Waals surface area contributed by atoms with Crippen molar-refractivity contribution in [1.82, 2.24) is 0 Å². The molecule has 0 aromatic heterocycles. The van der Waals surface area contributed by atoms with Crippen LogP contribution in [0.2, 0.25) is 0 Å². The van der Waals surface area contributed by atoms with Crippen LogP contribution in [0.15, 0.2) is 0 Å². The van der Waals surface area contributed by atoms with Crippen LogP contribution >= 0.6 is 0 Å². The van der Waals surface area contributed by atoms with Gasteiger partial charge in [-0.15, -0.1) is 0 Å². The summed E-state index contributed by atoms with van der Waals surface area (Å²) in [6.07, 6.45) is 0. The van der Waals surface area contributed by atoms with Gasteiger partial charge in [-0.3, -0.25) is 0 Å². The zero-order chi connectivity index (χ0) is 2.00. The Kier molecular flexibility index (Phi) is 587. The molecular weight excluding hydrogens is 91.9 g/mol. The van der Waals surface area contributed by atoms with Crippen LogP contribution in [-0.2, 0) is 23.7 Å². The maximum atomic E-state index is 8.25. The van der Waals surface area contributed by atoms with E-state index >= 15 is 0 Å². The van der Waals surface area contributed by atoms with Gasteiger partial charge >= 0.3 is 23.7 Å². The zero-order valence-corrected chi connectivity index (χ0v) is 3.97. The third-order valence-corrected chi connectivity index (χ3v) is 0. The van der Waals surface area contributed by atoms with Crippen molar-refractivity contribution in [3.8, 4) is 0 Å². The van der Waals surface area contributed by atoms with E-state index in [2.05, 4.69) is 0 Å². The summed E-state index contributed by atoms with van der Waals surface area (Å²) in [4.78, 5) is 0. The van der Waals surface area contributed by atoms with E-state index < -0.39 is 0 Å². The molecule has 4 heavy (non-hydrogen) atoms. The van der Waals surface area contributed by atoms with Gasteiger partial charge in [0.05, 0.1) is 0 Å². The molecule has 0 saturated heterocycles. The van der Waals surface area contributed by atoms with Gasteiger partial charge in [0.2, 0.25) is 0 Å². The number of rotatable bonds is 0. The van der Waals surface area contributed by atoms with Crippen LogP contribution in [0.3, 0.4) is 0 Å². The minimum absolute atomic E-state index is 0. The number of hydrogen-bond acceptors (Lipinski definition) is 1. The minimum atomic E-state index is 0. The molecule has 3 heteroatoms. The summed E-state index contributed by atoms with van der Waals surface area (Å²) >= 11 is 0.750. The zero-order valence-electron chi connectivity index (χ0n) is 2.41. The van der Waals surface area contributed by atoms with E-state index in [1.807, 2.05) is 0 Å². The first-order chi connectivity index (χ1) is 1.00. The molecule has 0 rings (SSSR count). The van der Waals surface area contributed by atoms with Crippen LogP contribution in [0.4, 0.5) is 0 Å².